The highest BCUT2D eigenvalue weighted by Gasteiger charge is 2.33. The van der Waals surface area contributed by atoms with Crippen LogP contribution in [0.25, 0.3) is 0 Å². The van der Waals surface area contributed by atoms with Crippen LogP contribution in [0.2, 0.25) is 0 Å². The second kappa shape index (κ2) is 5.38. The van der Waals surface area contributed by atoms with Crippen molar-refractivity contribution in [3.8, 4) is 0 Å². The van der Waals surface area contributed by atoms with Crippen LogP contribution in [-0.4, -0.2) is 17.0 Å². The molecular formula is C8H12F3N3O. The molecule has 86 valence electrons. The maximum absolute atomic E-state index is 12.0. The molecule has 0 bridgehead atoms. The van der Waals surface area contributed by atoms with Crippen LogP contribution in [0.1, 0.15) is 19.5 Å². The van der Waals surface area contributed by atoms with Crippen molar-refractivity contribution in [3.63, 3.8) is 0 Å². The van der Waals surface area contributed by atoms with Gasteiger partial charge in [0, 0.05) is 13.1 Å². The van der Waals surface area contributed by atoms with Crippen LogP contribution in [0, 0.1) is 0 Å². The molecule has 0 saturated carbocycles. The molecule has 2 N–H and O–H groups in total. The summed E-state index contributed by atoms with van der Waals surface area (Å²) >= 11 is 0. The quantitative estimate of drug-likeness (QED) is 0.763. The van der Waals surface area contributed by atoms with E-state index in [1.54, 1.807) is 0 Å². The molecular weight excluding hydrogens is 211 g/mol. The fraction of sp³-hybridized carbons (Fsp3) is 0.500. The SMILES string of the molecule is CC.CNc1nc(C(F)(F)F)cc(=O)[nH]1. The summed E-state index contributed by atoms with van der Waals surface area (Å²) in [5.74, 6) is -0.208. The second-order valence-electron chi connectivity index (χ2n) is 2.23. The Bertz CT molecular complexity index is 359. The van der Waals surface area contributed by atoms with Crippen LogP contribution in [0.5, 0.6) is 0 Å². The summed E-state index contributed by atoms with van der Waals surface area (Å²) in [6, 6.07) is 0.404. The Kier molecular flexibility index (Phi) is 4.83. The number of hydrogen-bond acceptors (Lipinski definition) is 3. The van der Waals surface area contributed by atoms with Crippen LogP contribution >= 0.6 is 0 Å². The largest absolute Gasteiger partial charge is 0.433 e. The first-order chi connectivity index (χ1) is 6.93. The van der Waals surface area contributed by atoms with Gasteiger partial charge in [-0.25, -0.2) is 4.98 Å². The first kappa shape index (κ1) is 13.5. The Hall–Kier alpha value is -1.53. The molecule has 0 aliphatic rings. The van der Waals surface area contributed by atoms with E-state index in [1.165, 1.54) is 7.05 Å². The number of anilines is 1. The maximum Gasteiger partial charge on any atom is 0.433 e. The fourth-order valence-corrected chi connectivity index (χ4v) is 0.721. The van der Waals surface area contributed by atoms with Gasteiger partial charge in [-0.05, 0) is 0 Å². The molecule has 7 heteroatoms. The van der Waals surface area contributed by atoms with E-state index in [9.17, 15) is 18.0 Å². The Morgan fingerprint density at radius 1 is 1.40 bits per heavy atom. The van der Waals surface area contributed by atoms with E-state index in [0.717, 1.165) is 0 Å². The summed E-state index contributed by atoms with van der Waals surface area (Å²) in [6.07, 6.45) is -4.60. The highest BCUT2D eigenvalue weighted by atomic mass is 19.4. The van der Waals surface area contributed by atoms with E-state index in [4.69, 9.17) is 0 Å². The van der Waals surface area contributed by atoms with Crippen LogP contribution in [0.4, 0.5) is 19.1 Å². The normalized spacial score (nSPS) is 10.3. The number of aromatic amines is 1. The molecule has 0 atom stereocenters. The molecule has 0 aliphatic carbocycles. The number of alkyl halides is 3. The van der Waals surface area contributed by atoms with Crippen molar-refractivity contribution in [2.24, 2.45) is 0 Å². The van der Waals surface area contributed by atoms with Crippen LogP contribution in [-0.2, 0) is 6.18 Å². The monoisotopic (exact) mass is 223 g/mol. The van der Waals surface area contributed by atoms with Gasteiger partial charge in [0.25, 0.3) is 5.56 Å². The van der Waals surface area contributed by atoms with Gasteiger partial charge in [-0.1, -0.05) is 13.8 Å². The van der Waals surface area contributed by atoms with Crippen molar-refractivity contribution >= 4 is 5.95 Å². The molecule has 0 aromatic carbocycles. The summed E-state index contributed by atoms with van der Waals surface area (Å²) in [5.41, 5.74) is -2.05. The highest BCUT2D eigenvalue weighted by molar-refractivity contribution is 5.24. The average Bonchev–Trinajstić information content (AvgIpc) is 2.18. The Morgan fingerprint density at radius 2 is 1.93 bits per heavy atom. The van der Waals surface area contributed by atoms with Crippen molar-refractivity contribution in [1.82, 2.24) is 9.97 Å². The number of halogens is 3. The summed E-state index contributed by atoms with van der Waals surface area (Å²) in [5, 5.41) is 2.31. The van der Waals surface area contributed by atoms with Gasteiger partial charge < -0.3 is 5.32 Å². The molecule has 0 amide bonds. The highest BCUT2D eigenvalue weighted by Crippen LogP contribution is 2.26. The molecule has 1 aromatic heterocycles. The number of H-pyrrole nitrogens is 1. The van der Waals surface area contributed by atoms with Gasteiger partial charge in [-0.15, -0.1) is 0 Å². The van der Waals surface area contributed by atoms with Crippen molar-refractivity contribution in [2.45, 2.75) is 20.0 Å². The summed E-state index contributed by atoms with van der Waals surface area (Å²) < 4.78 is 36.1. The molecule has 0 unspecified atom stereocenters. The summed E-state index contributed by atoms with van der Waals surface area (Å²) in [4.78, 5) is 15.9. The standard InChI is InChI=1S/C6H6F3N3O.C2H6/c1-10-5-11-3(6(7,8)9)2-4(13)12-5;1-2/h2H,1H3,(H2,10,11,12,13);1-2H3. The molecule has 1 heterocycles. The second-order valence-corrected chi connectivity index (χ2v) is 2.23. The summed E-state index contributed by atoms with van der Waals surface area (Å²) in [6.45, 7) is 4.00. The maximum atomic E-state index is 12.0. The van der Waals surface area contributed by atoms with Crippen LogP contribution in [0.15, 0.2) is 10.9 Å². The molecule has 4 nitrogen and oxygen atoms in total. The zero-order valence-corrected chi connectivity index (χ0v) is 8.57. The van der Waals surface area contributed by atoms with Crippen molar-refractivity contribution < 1.29 is 13.2 Å². The predicted octanol–water partition coefficient (Wildman–Crippen LogP) is 1.86. The third-order valence-electron chi connectivity index (χ3n) is 1.27. The molecule has 0 fully saturated rings. The van der Waals surface area contributed by atoms with Crippen molar-refractivity contribution in [2.75, 3.05) is 12.4 Å². The average molecular weight is 223 g/mol. The zero-order valence-electron chi connectivity index (χ0n) is 8.57. The predicted molar refractivity (Wildman–Crippen MR) is 50.8 cm³/mol. The van der Waals surface area contributed by atoms with Gasteiger partial charge in [0.2, 0.25) is 5.95 Å². The Labute approximate surface area is 84.5 Å². The minimum Gasteiger partial charge on any atom is -0.359 e. The van der Waals surface area contributed by atoms with Gasteiger partial charge in [0.05, 0.1) is 0 Å². The minimum atomic E-state index is -4.60. The Balaban J connectivity index is 0.000000921. The molecule has 0 aliphatic heterocycles. The molecule has 0 saturated heterocycles. The number of aromatic nitrogens is 2. The van der Waals surface area contributed by atoms with Gasteiger partial charge in [-0.2, -0.15) is 13.2 Å². The van der Waals surface area contributed by atoms with Gasteiger partial charge in [0.15, 0.2) is 5.69 Å². The first-order valence-corrected chi connectivity index (χ1v) is 4.30. The van der Waals surface area contributed by atoms with E-state index < -0.39 is 17.4 Å². The minimum absolute atomic E-state index is 0.208. The van der Waals surface area contributed by atoms with Crippen molar-refractivity contribution in [1.29, 1.82) is 0 Å². The van der Waals surface area contributed by atoms with Crippen molar-refractivity contribution in [3.05, 3.63) is 22.1 Å². The van der Waals surface area contributed by atoms with Gasteiger partial charge in [-0.3, -0.25) is 9.78 Å². The third-order valence-corrected chi connectivity index (χ3v) is 1.27. The fourth-order valence-electron chi connectivity index (χ4n) is 0.721. The number of nitrogens with zero attached hydrogens (tertiary/aromatic N) is 1. The molecule has 15 heavy (non-hydrogen) atoms. The number of rotatable bonds is 1. The number of nitrogens with one attached hydrogen (secondary N) is 2. The van der Waals surface area contributed by atoms with Crippen LogP contribution < -0.4 is 10.9 Å². The lowest BCUT2D eigenvalue weighted by atomic mass is 10.4. The number of hydrogen-bond donors (Lipinski definition) is 2. The van der Waals surface area contributed by atoms with Crippen LogP contribution in [0.3, 0.4) is 0 Å². The van der Waals surface area contributed by atoms with Gasteiger partial charge in [0.1, 0.15) is 0 Å². The molecule has 1 rings (SSSR count). The van der Waals surface area contributed by atoms with E-state index in [1.807, 2.05) is 13.8 Å². The van der Waals surface area contributed by atoms with Gasteiger partial charge >= 0.3 is 6.18 Å². The molecule has 1 aromatic rings. The lowest BCUT2D eigenvalue weighted by Gasteiger charge is -2.05. The lowest BCUT2D eigenvalue weighted by molar-refractivity contribution is -0.141. The smallest absolute Gasteiger partial charge is 0.359 e. The first-order valence-electron chi connectivity index (χ1n) is 4.30. The topological polar surface area (TPSA) is 57.8 Å². The van der Waals surface area contributed by atoms with E-state index in [0.29, 0.717) is 6.07 Å². The Morgan fingerprint density at radius 3 is 2.33 bits per heavy atom. The van der Waals surface area contributed by atoms with E-state index in [-0.39, 0.29) is 5.95 Å². The molecule has 0 spiro atoms. The zero-order chi connectivity index (χ0) is 12.1. The van der Waals surface area contributed by atoms with E-state index >= 15 is 0 Å². The summed E-state index contributed by atoms with van der Waals surface area (Å²) in [7, 11) is 1.36. The van der Waals surface area contributed by atoms with E-state index in [2.05, 4.69) is 15.3 Å². The lowest BCUT2D eigenvalue weighted by Crippen LogP contribution is -2.17. The third kappa shape index (κ3) is 4.01. The molecule has 0 radical (unpaired) electrons.